The first kappa shape index (κ1) is 15.3. The second-order valence-corrected chi connectivity index (χ2v) is 4.16. The summed E-state index contributed by atoms with van der Waals surface area (Å²) in [7, 11) is 1.84. The Morgan fingerprint density at radius 3 is 2.53 bits per heavy atom. The molecular formula is C13H18N2O4. The summed E-state index contributed by atoms with van der Waals surface area (Å²) < 4.78 is 5.21. The van der Waals surface area contributed by atoms with Crippen molar-refractivity contribution in [3.63, 3.8) is 0 Å². The lowest BCUT2D eigenvalue weighted by molar-refractivity contribution is -0.384. The summed E-state index contributed by atoms with van der Waals surface area (Å²) >= 11 is 0. The molecule has 0 saturated carbocycles. The number of hydrogen-bond acceptors (Lipinski definition) is 5. The Bertz CT molecular complexity index is 431. The Labute approximate surface area is 112 Å². The monoisotopic (exact) mass is 266 g/mol. The van der Waals surface area contributed by atoms with E-state index >= 15 is 0 Å². The number of ketones is 1. The van der Waals surface area contributed by atoms with Crippen molar-refractivity contribution in [2.24, 2.45) is 0 Å². The van der Waals surface area contributed by atoms with Gasteiger partial charge in [-0.1, -0.05) is 0 Å². The third-order valence-electron chi connectivity index (χ3n) is 2.64. The van der Waals surface area contributed by atoms with E-state index in [1.807, 2.05) is 18.9 Å². The maximum absolute atomic E-state index is 11.9. The van der Waals surface area contributed by atoms with Crippen molar-refractivity contribution in [2.45, 2.75) is 6.92 Å². The van der Waals surface area contributed by atoms with Crippen LogP contribution in [-0.2, 0) is 4.74 Å². The predicted molar refractivity (Wildman–Crippen MR) is 71.4 cm³/mol. The molecule has 6 heteroatoms. The van der Waals surface area contributed by atoms with Gasteiger partial charge in [0.1, 0.15) is 0 Å². The Hall–Kier alpha value is -1.79. The number of Topliss-reactive ketones (excluding diaryl/α,β-unsaturated/α-hetero) is 1. The van der Waals surface area contributed by atoms with E-state index in [0.29, 0.717) is 25.3 Å². The van der Waals surface area contributed by atoms with Crippen molar-refractivity contribution in [1.82, 2.24) is 4.90 Å². The van der Waals surface area contributed by atoms with Crippen LogP contribution < -0.4 is 0 Å². The van der Waals surface area contributed by atoms with Crippen molar-refractivity contribution in [1.29, 1.82) is 0 Å². The van der Waals surface area contributed by atoms with Gasteiger partial charge in [-0.05, 0) is 26.1 Å². The van der Waals surface area contributed by atoms with Crippen molar-refractivity contribution < 1.29 is 14.5 Å². The molecule has 0 N–H and O–H groups in total. The minimum atomic E-state index is -0.484. The highest BCUT2D eigenvalue weighted by Gasteiger charge is 2.11. The molecule has 0 aromatic heterocycles. The molecule has 0 amide bonds. The van der Waals surface area contributed by atoms with Crippen LogP contribution >= 0.6 is 0 Å². The van der Waals surface area contributed by atoms with E-state index in [-0.39, 0.29) is 18.0 Å². The number of ether oxygens (including phenoxy) is 1. The van der Waals surface area contributed by atoms with E-state index in [9.17, 15) is 14.9 Å². The smallest absolute Gasteiger partial charge is 0.269 e. The minimum absolute atomic E-state index is 0.0127. The average Bonchev–Trinajstić information content (AvgIpc) is 2.39. The van der Waals surface area contributed by atoms with Gasteiger partial charge in [-0.3, -0.25) is 19.8 Å². The second kappa shape index (κ2) is 7.60. The number of nitro benzene ring substituents is 1. The quantitative estimate of drug-likeness (QED) is 0.310. The first-order valence-electron chi connectivity index (χ1n) is 6.08. The molecule has 0 spiro atoms. The highest BCUT2D eigenvalue weighted by molar-refractivity contribution is 5.97. The van der Waals surface area contributed by atoms with Crippen LogP contribution in [0.15, 0.2) is 24.3 Å². The summed E-state index contributed by atoms with van der Waals surface area (Å²) in [4.78, 5) is 23.8. The summed E-state index contributed by atoms with van der Waals surface area (Å²) in [5.41, 5.74) is 0.468. The van der Waals surface area contributed by atoms with Crippen LogP contribution in [-0.4, -0.2) is 49.0 Å². The van der Waals surface area contributed by atoms with E-state index < -0.39 is 4.92 Å². The van der Waals surface area contributed by atoms with E-state index in [2.05, 4.69) is 0 Å². The molecule has 0 radical (unpaired) electrons. The van der Waals surface area contributed by atoms with Gasteiger partial charge in [0.15, 0.2) is 5.78 Å². The Balaban J connectivity index is 2.51. The van der Waals surface area contributed by atoms with E-state index in [0.717, 1.165) is 0 Å². The molecule has 19 heavy (non-hydrogen) atoms. The molecule has 0 aliphatic carbocycles. The fourth-order valence-corrected chi connectivity index (χ4v) is 1.55. The van der Waals surface area contributed by atoms with Crippen LogP contribution in [0.2, 0.25) is 0 Å². The average molecular weight is 266 g/mol. The van der Waals surface area contributed by atoms with E-state index in [1.54, 1.807) is 0 Å². The number of hydrogen-bond donors (Lipinski definition) is 0. The molecule has 0 atom stereocenters. The molecule has 104 valence electrons. The van der Waals surface area contributed by atoms with Crippen molar-refractivity contribution in [2.75, 3.05) is 33.4 Å². The summed E-state index contributed by atoms with van der Waals surface area (Å²) in [6.07, 6.45) is 0. The predicted octanol–water partition coefficient (Wildman–Crippen LogP) is 1.75. The molecule has 0 bridgehead atoms. The standard InChI is InChI=1S/C13H18N2O4/c1-3-19-9-8-14(2)10-13(16)11-4-6-12(7-5-11)15(17)18/h4-7H,3,8-10H2,1-2H3. The number of carbonyl (C=O) groups excluding carboxylic acids is 1. The van der Waals surface area contributed by atoms with Gasteiger partial charge in [0.25, 0.3) is 5.69 Å². The molecule has 1 rings (SSSR count). The van der Waals surface area contributed by atoms with Gasteiger partial charge in [-0.25, -0.2) is 0 Å². The number of rotatable bonds is 8. The second-order valence-electron chi connectivity index (χ2n) is 4.16. The van der Waals surface area contributed by atoms with Gasteiger partial charge in [0, 0.05) is 30.8 Å². The van der Waals surface area contributed by atoms with Gasteiger partial charge in [-0.2, -0.15) is 0 Å². The van der Waals surface area contributed by atoms with Gasteiger partial charge in [0.05, 0.1) is 18.1 Å². The third-order valence-corrected chi connectivity index (χ3v) is 2.64. The SMILES string of the molecule is CCOCCN(C)CC(=O)c1ccc([N+](=O)[O-])cc1. The molecule has 1 aromatic carbocycles. The number of nitrogens with zero attached hydrogens (tertiary/aromatic N) is 2. The molecule has 1 aromatic rings. The first-order chi connectivity index (χ1) is 9.04. The molecule has 0 aliphatic heterocycles. The highest BCUT2D eigenvalue weighted by Crippen LogP contribution is 2.12. The Morgan fingerprint density at radius 2 is 2.00 bits per heavy atom. The fraction of sp³-hybridized carbons (Fsp3) is 0.462. The van der Waals surface area contributed by atoms with Gasteiger partial charge >= 0.3 is 0 Å². The number of likely N-dealkylation sites (N-methyl/N-ethyl adjacent to an activating group) is 1. The van der Waals surface area contributed by atoms with Gasteiger partial charge in [0.2, 0.25) is 0 Å². The molecule has 0 fully saturated rings. The Kier molecular flexibility index (Phi) is 6.11. The summed E-state index contributed by atoms with van der Waals surface area (Å²) in [6, 6.07) is 5.65. The minimum Gasteiger partial charge on any atom is -0.380 e. The Morgan fingerprint density at radius 1 is 1.37 bits per heavy atom. The zero-order chi connectivity index (χ0) is 14.3. The van der Waals surface area contributed by atoms with Crippen LogP contribution in [0.4, 0.5) is 5.69 Å². The van der Waals surface area contributed by atoms with Crippen LogP contribution in [0.25, 0.3) is 0 Å². The lowest BCUT2D eigenvalue weighted by Gasteiger charge is -2.15. The van der Waals surface area contributed by atoms with Crippen molar-refractivity contribution in [3.05, 3.63) is 39.9 Å². The maximum Gasteiger partial charge on any atom is 0.269 e. The number of non-ortho nitro benzene ring substituents is 1. The summed E-state index contributed by atoms with van der Waals surface area (Å²) in [5.74, 6) is -0.0612. The van der Waals surface area contributed by atoms with Crippen LogP contribution in [0.1, 0.15) is 17.3 Å². The zero-order valence-electron chi connectivity index (χ0n) is 11.2. The third kappa shape index (κ3) is 5.15. The van der Waals surface area contributed by atoms with Crippen LogP contribution in [0, 0.1) is 10.1 Å². The molecule has 0 heterocycles. The van der Waals surface area contributed by atoms with Crippen molar-refractivity contribution in [3.8, 4) is 0 Å². The number of benzene rings is 1. The molecule has 0 aliphatic rings. The number of carbonyl (C=O) groups is 1. The van der Waals surface area contributed by atoms with Crippen LogP contribution in [0.3, 0.4) is 0 Å². The highest BCUT2D eigenvalue weighted by atomic mass is 16.6. The lowest BCUT2D eigenvalue weighted by Crippen LogP contribution is -2.29. The fourth-order valence-electron chi connectivity index (χ4n) is 1.55. The molecule has 6 nitrogen and oxygen atoms in total. The zero-order valence-corrected chi connectivity index (χ0v) is 11.2. The first-order valence-corrected chi connectivity index (χ1v) is 6.08. The topological polar surface area (TPSA) is 72.7 Å². The number of nitro groups is 1. The van der Waals surface area contributed by atoms with Gasteiger partial charge < -0.3 is 4.74 Å². The molecular weight excluding hydrogens is 248 g/mol. The maximum atomic E-state index is 11.9. The van der Waals surface area contributed by atoms with Crippen molar-refractivity contribution >= 4 is 11.5 Å². The summed E-state index contributed by atoms with van der Waals surface area (Å²) in [6.45, 7) is 4.10. The summed E-state index contributed by atoms with van der Waals surface area (Å²) in [5, 5.41) is 10.5. The lowest BCUT2D eigenvalue weighted by atomic mass is 10.1. The normalized spacial score (nSPS) is 10.7. The molecule has 0 unspecified atom stereocenters. The van der Waals surface area contributed by atoms with E-state index in [1.165, 1.54) is 24.3 Å². The van der Waals surface area contributed by atoms with E-state index in [4.69, 9.17) is 4.74 Å². The molecule has 0 saturated heterocycles. The van der Waals surface area contributed by atoms with Gasteiger partial charge in [-0.15, -0.1) is 0 Å². The van der Waals surface area contributed by atoms with Crippen LogP contribution in [0.5, 0.6) is 0 Å². The largest absolute Gasteiger partial charge is 0.380 e.